The number of aromatic nitrogens is 1. The van der Waals surface area contributed by atoms with Crippen LogP contribution >= 0.6 is 22.9 Å². The molecule has 0 radical (unpaired) electrons. The molecule has 11 nitrogen and oxygen atoms in total. The molecular formula is C31H33ClN2O9S. The van der Waals surface area contributed by atoms with E-state index in [0.29, 0.717) is 67.4 Å². The minimum absolute atomic E-state index is 0.137. The number of benzene rings is 2. The summed E-state index contributed by atoms with van der Waals surface area (Å²) in [5.41, 5.74) is 1.42. The number of thiazole rings is 1. The van der Waals surface area contributed by atoms with E-state index in [1.54, 1.807) is 57.2 Å². The maximum absolute atomic E-state index is 14.1. The Morgan fingerprint density at radius 2 is 1.73 bits per heavy atom. The first-order valence-corrected chi connectivity index (χ1v) is 15.0. The van der Waals surface area contributed by atoms with E-state index in [0.717, 1.165) is 0 Å². The number of carbonyl (C=O) groups excluding carboxylic acids is 2. The number of ether oxygens (including phenoxy) is 6. The van der Waals surface area contributed by atoms with Crippen LogP contribution in [0.2, 0.25) is 5.02 Å². The summed E-state index contributed by atoms with van der Waals surface area (Å²) in [6, 6.07) is 7.52. The van der Waals surface area contributed by atoms with Crippen molar-refractivity contribution in [3.63, 3.8) is 0 Å². The molecule has 0 N–H and O–H groups in total. The second-order valence-corrected chi connectivity index (χ2v) is 10.7. The number of halogens is 1. The van der Waals surface area contributed by atoms with Crippen molar-refractivity contribution in [2.24, 2.45) is 4.99 Å². The highest BCUT2D eigenvalue weighted by Gasteiger charge is 2.34. The van der Waals surface area contributed by atoms with E-state index in [-0.39, 0.29) is 24.3 Å². The first kappa shape index (κ1) is 32.6. The smallest absolute Gasteiger partial charge is 0.343 e. The first-order valence-electron chi connectivity index (χ1n) is 13.8. The van der Waals surface area contributed by atoms with Crippen molar-refractivity contribution in [3.8, 4) is 23.0 Å². The Hall–Kier alpha value is -4.29. The number of fused-ring (bicyclic) bond motifs is 1. The fourth-order valence-corrected chi connectivity index (χ4v) is 6.01. The fraction of sp³-hybridized carbons (Fsp3) is 0.355. The number of carbonyl (C=O) groups is 2. The Labute approximate surface area is 262 Å². The van der Waals surface area contributed by atoms with Gasteiger partial charge in [-0.25, -0.2) is 14.6 Å². The standard InChI is InChI=1S/C31H33ClN2O9S/c1-7-40-22-15-19(10-11-21(22)43-16-25(35)38-5)27-26(30(37)42-9-3)17(4)33-31-34(27)29(36)24(44-31)14-18-12-20(32)28(39-6)23(13-18)41-8-2/h10-15,27H,7-9,16H2,1-6H3/b24-14-/t27-/m1/s1. The zero-order valence-electron chi connectivity index (χ0n) is 25.2. The van der Waals surface area contributed by atoms with Gasteiger partial charge in [0.05, 0.1) is 60.9 Å². The van der Waals surface area contributed by atoms with Gasteiger partial charge in [-0.2, -0.15) is 0 Å². The van der Waals surface area contributed by atoms with Crippen molar-refractivity contribution in [2.75, 3.05) is 40.6 Å². The molecule has 1 aliphatic heterocycles. The third kappa shape index (κ3) is 6.76. The average molecular weight is 645 g/mol. The Morgan fingerprint density at radius 1 is 1.00 bits per heavy atom. The molecule has 1 aromatic heterocycles. The number of allylic oxidation sites excluding steroid dienone is 1. The van der Waals surface area contributed by atoms with Gasteiger partial charge < -0.3 is 28.4 Å². The van der Waals surface area contributed by atoms with Gasteiger partial charge in [0.1, 0.15) is 0 Å². The van der Waals surface area contributed by atoms with Crippen molar-refractivity contribution in [2.45, 2.75) is 33.7 Å². The van der Waals surface area contributed by atoms with Crippen LogP contribution in [0.3, 0.4) is 0 Å². The van der Waals surface area contributed by atoms with E-state index in [2.05, 4.69) is 9.73 Å². The van der Waals surface area contributed by atoms with Gasteiger partial charge in [-0.1, -0.05) is 29.0 Å². The normalized spacial score (nSPS) is 14.4. The van der Waals surface area contributed by atoms with Crippen LogP contribution in [0.4, 0.5) is 0 Å². The summed E-state index contributed by atoms with van der Waals surface area (Å²) in [6.07, 6.45) is 1.69. The molecule has 2 heterocycles. The summed E-state index contributed by atoms with van der Waals surface area (Å²) < 4.78 is 34.4. The van der Waals surface area contributed by atoms with Gasteiger partial charge in [-0.05, 0) is 69.2 Å². The van der Waals surface area contributed by atoms with Crippen molar-refractivity contribution >= 4 is 41.0 Å². The molecule has 2 aromatic carbocycles. The number of methoxy groups -OCH3 is 2. The van der Waals surface area contributed by atoms with Crippen molar-refractivity contribution < 1.29 is 38.0 Å². The van der Waals surface area contributed by atoms with Gasteiger partial charge in [0, 0.05) is 0 Å². The molecule has 4 rings (SSSR count). The van der Waals surface area contributed by atoms with Crippen molar-refractivity contribution in [3.05, 3.63) is 77.4 Å². The van der Waals surface area contributed by atoms with E-state index in [1.807, 2.05) is 6.92 Å². The average Bonchev–Trinajstić information content (AvgIpc) is 3.29. The van der Waals surface area contributed by atoms with Crippen LogP contribution in [0.25, 0.3) is 6.08 Å². The molecular weight excluding hydrogens is 612 g/mol. The summed E-state index contributed by atoms with van der Waals surface area (Å²) in [4.78, 5) is 44.0. The van der Waals surface area contributed by atoms with Gasteiger partial charge in [0.15, 0.2) is 34.4 Å². The van der Waals surface area contributed by atoms with Crippen LogP contribution in [0.1, 0.15) is 44.9 Å². The quantitative estimate of drug-likeness (QED) is 0.271. The van der Waals surface area contributed by atoms with E-state index in [9.17, 15) is 14.4 Å². The zero-order valence-corrected chi connectivity index (χ0v) is 26.8. The molecule has 0 saturated carbocycles. The monoisotopic (exact) mass is 644 g/mol. The van der Waals surface area contributed by atoms with Crippen LogP contribution in [0, 0.1) is 0 Å². The molecule has 1 aliphatic rings. The van der Waals surface area contributed by atoms with E-state index >= 15 is 0 Å². The van der Waals surface area contributed by atoms with Gasteiger partial charge in [-0.3, -0.25) is 9.36 Å². The second-order valence-electron chi connectivity index (χ2n) is 9.27. The molecule has 44 heavy (non-hydrogen) atoms. The third-order valence-electron chi connectivity index (χ3n) is 6.51. The molecule has 0 amide bonds. The van der Waals surface area contributed by atoms with E-state index in [4.69, 9.17) is 35.3 Å². The molecule has 0 spiro atoms. The second kappa shape index (κ2) is 14.5. The number of hydrogen-bond acceptors (Lipinski definition) is 11. The lowest BCUT2D eigenvalue weighted by Gasteiger charge is -2.25. The lowest BCUT2D eigenvalue weighted by molar-refractivity contribution is -0.143. The first-order chi connectivity index (χ1) is 21.2. The Kier molecular flexibility index (Phi) is 10.7. The summed E-state index contributed by atoms with van der Waals surface area (Å²) in [7, 11) is 2.76. The Bertz CT molecular complexity index is 1780. The maximum Gasteiger partial charge on any atom is 0.343 e. The molecule has 0 bridgehead atoms. The molecule has 0 fully saturated rings. The summed E-state index contributed by atoms with van der Waals surface area (Å²) in [5.74, 6) is 0.306. The molecule has 1 atom stereocenters. The highest BCUT2D eigenvalue weighted by Crippen LogP contribution is 2.38. The van der Waals surface area contributed by atoms with E-state index in [1.165, 1.54) is 30.1 Å². The predicted octanol–water partition coefficient (Wildman–Crippen LogP) is 3.81. The zero-order chi connectivity index (χ0) is 32.0. The summed E-state index contributed by atoms with van der Waals surface area (Å²) >= 11 is 7.63. The largest absolute Gasteiger partial charge is 0.491 e. The van der Waals surface area contributed by atoms with E-state index < -0.39 is 18.0 Å². The van der Waals surface area contributed by atoms with Gasteiger partial charge in [0.25, 0.3) is 5.56 Å². The topological polar surface area (TPSA) is 124 Å². The molecule has 234 valence electrons. The summed E-state index contributed by atoms with van der Waals surface area (Å²) in [5, 5.41) is 0.328. The number of nitrogens with zero attached hydrogens (tertiary/aromatic N) is 2. The summed E-state index contributed by atoms with van der Waals surface area (Å²) in [6.45, 7) is 7.56. The minimum atomic E-state index is -0.889. The van der Waals surface area contributed by atoms with Crippen molar-refractivity contribution in [1.82, 2.24) is 4.57 Å². The maximum atomic E-state index is 14.1. The molecule has 0 aliphatic carbocycles. The van der Waals surface area contributed by atoms with Crippen LogP contribution < -0.4 is 33.8 Å². The van der Waals surface area contributed by atoms with Crippen molar-refractivity contribution in [1.29, 1.82) is 0 Å². The van der Waals surface area contributed by atoms with Crippen LogP contribution in [0.5, 0.6) is 23.0 Å². The number of hydrogen-bond donors (Lipinski definition) is 0. The highest BCUT2D eigenvalue weighted by molar-refractivity contribution is 7.07. The fourth-order valence-electron chi connectivity index (χ4n) is 4.67. The Morgan fingerprint density at radius 3 is 2.39 bits per heavy atom. The van der Waals surface area contributed by atoms with Crippen LogP contribution in [-0.2, 0) is 19.1 Å². The lowest BCUT2D eigenvalue weighted by atomic mass is 9.95. The van der Waals surface area contributed by atoms with Gasteiger partial charge >= 0.3 is 11.9 Å². The minimum Gasteiger partial charge on any atom is -0.491 e. The van der Waals surface area contributed by atoms with Gasteiger partial charge in [-0.15, -0.1) is 0 Å². The van der Waals surface area contributed by atoms with Crippen LogP contribution in [-0.4, -0.2) is 57.2 Å². The Balaban J connectivity index is 1.91. The molecule has 13 heteroatoms. The third-order valence-corrected chi connectivity index (χ3v) is 7.77. The van der Waals surface area contributed by atoms with Gasteiger partial charge in [0.2, 0.25) is 0 Å². The lowest BCUT2D eigenvalue weighted by Crippen LogP contribution is -2.40. The highest BCUT2D eigenvalue weighted by atomic mass is 35.5. The molecule has 0 unspecified atom stereocenters. The molecule has 3 aromatic rings. The predicted molar refractivity (Wildman–Crippen MR) is 165 cm³/mol. The molecule has 0 saturated heterocycles. The number of rotatable bonds is 12. The SMILES string of the molecule is CCOC(=O)C1=C(C)N=c2s/c(=C\c3cc(Cl)c(OC)c(OCC)c3)c(=O)n2[C@@H]1c1ccc(OCC(=O)OC)c(OCC)c1. The van der Waals surface area contributed by atoms with Crippen LogP contribution in [0.15, 0.2) is 51.4 Å². The number of esters is 2.